The molecule has 5 nitrogen and oxygen atoms in total. The molecular formula is C22H26N2O3S. The number of rotatable bonds is 5. The SMILES string of the molecule is Cc1sc(NC(=O)C2C3CCC(C3)C2C(=O)O)nc1-c1ccc(C(C)C)cc1. The number of amides is 1. The van der Waals surface area contributed by atoms with Crippen molar-refractivity contribution in [3.05, 3.63) is 34.7 Å². The van der Waals surface area contributed by atoms with E-state index in [9.17, 15) is 14.7 Å². The predicted octanol–water partition coefficient (Wildman–Crippen LogP) is 4.93. The van der Waals surface area contributed by atoms with Gasteiger partial charge >= 0.3 is 5.97 Å². The topological polar surface area (TPSA) is 79.3 Å². The number of anilines is 1. The Morgan fingerprint density at radius 1 is 1.14 bits per heavy atom. The Morgan fingerprint density at radius 3 is 2.39 bits per heavy atom. The van der Waals surface area contributed by atoms with Gasteiger partial charge in [-0.15, -0.1) is 11.3 Å². The zero-order chi connectivity index (χ0) is 20.0. The summed E-state index contributed by atoms with van der Waals surface area (Å²) in [6, 6.07) is 8.37. The number of aliphatic carboxylic acids is 1. The van der Waals surface area contributed by atoms with Gasteiger partial charge in [0, 0.05) is 10.4 Å². The maximum Gasteiger partial charge on any atom is 0.307 e. The Morgan fingerprint density at radius 2 is 1.79 bits per heavy atom. The van der Waals surface area contributed by atoms with Gasteiger partial charge in [-0.1, -0.05) is 38.1 Å². The first-order valence-electron chi connectivity index (χ1n) is 9.96. The van der Waals surface area contributed by atoms with Crippen LogP contribution in [0.15, 0.2) is 24.3 Å². The highest BCUT2D eigenvalue weighted by atomic mass is 32.1. The minimum Gasteiger partial charge on any atom is -0.481 e. The first-order chi connectivity index (χ1) is 13.3. The van der Waals surface area contributed by atoms with E-state index in [-0.39, 0.29) is 17.7 Å². The molecule has 0 spiro atoms. The zero-order valence-corrected chi connectivity index (χ0v) is 17.3. The second-order valence-electron chi connectivity index (χ2n) is 8.41. The van der Waals surface area contributed by atoms with Crippen LogP contribution < -0.4 is 5.32 Å². The van der Waals surface area contributed by atoms with Gasteiger partial charge in [-0.2, -0.15) is 0 Å². The quantitative estimate of drug-likeness (QED) is 0.749. The van der Waals surface area contributed by atoms with E-state index < -0.39 is 17.8 Å². The van der Waals surface area contributed by atoms with Crippen molar-refractivity contribution in [2.75, 3.05) is 5.32 Å². The van der Waals surface area contributed by atoms with Crippen LogP contribution in [0.1, 0.15) is 49.5 Å². The maximum absolute atomic E-state index is 12.9. The fourth-order valence-corrected chi connectivity index (χ4v) is 5.79. The number of carboxylic acids is 1. The molecule has 28 heavy (non-hydrogen) atoms. The number of benzene rings is 1. The van der Waals surface area contributed by atoms with Crippen molar-refractivity contribution in [1.29, 1.82) is 0 Å². The van der Waals surface area contributed by atoms with Gasteiger partial charge in [0.25, 0.3) is 0 Å². The molecule has 4 rings (SSSR count). The zero-order valence-electron chi connectivity index (χ0n) is 16.4. The van der Waals surface area contributed by atoms with E-state index in [1.165, 1.54) is 16.9 Å². The lowest BCUT2D eigenvalue weighted by Gasteiger charge is -2.26. The van der Waals surface area contributed by atoms with Crippen molar-refractivity contribution >= 4 is 28.3 Å². The van der Waals surface area contributed by atoms with E-state index in [4.69, 9.17) is 0 Å². The number of carboxylic acid groups (broad SMARTS) is 1. The van der Waals surface area contributed by atoms with Gasteiger partial charge < -0.3 is 10.4 Å². The molecule has 1 aromatic carbocycles. The van der Waals surface area contributed by atoms with Crippen molar-refractivity contribution in [2.24, 2.45) is 23.7 Å². The van der Waals surface area contributed by atoms with Gasteiger partial charge in [0.1, 0.15) is 0 Å². The van der Waals surface area contributed by atoms with E-state index in [2.05, 4.69) is 48.4 Å². The summed E-state index contributed by atoms with van der Waals surface area (Å²) in [6.07, 6.45) is 2.74. The summed E-state index contributed by atoms with van der Waals surface area (Å²) in [5.41, 5.74) is 3.18. The molecule has 2 N–H and O–H groups in total. The summed E-state index contributed by atoms with van der Waals surface area (Å²) in [5.74, 6) is -1.20. The molecule has 1 amide bonds. The van der Waals surface area contributed by atoms with E-state index >= 15 is 0 Å². The Kier molecular flexibility index (Phi) is 5.00. The number of hydrogen-bond donors (Lipinski definition) is 2. The smallest absolute Gasteiger partial charge is 0.307 e. The Labute approximate surface area is 169 Å². The molecule has 2 bridgehead atoms. The van der Waals surface area contributed by atoms with Crippen LogP contribution >= 0.6 is 11.3 Å². The number of nitrogens with zero attached hydrogens (tertiary/aromatic N) is 1. The van der Waals surface area contributed by atoms with E-state index in [1.807, 2.05) is 6.92 Å². The minimum atomic E-state index is -0.839. The summed E-state index contributed by atoms with van der Waals surface area (Å²) in [7, 11) is 0. The van der Waals surface area contributed by atoms with Gasteiger partial charge in [-0.3, -0.25) is 9.59 Å². The average Bonchev–Trinajstić information content (AvgIpc) is 3.35. The van der Waals surface area contributed by atoms with Crippen molar-refractivity contribution in [3.8, 4) is 11.3 Å². The van der Waals surface area contributed by atoms with Crippen LogP contribution in [0.3, 0.4) is 0 Å². The standard InChI is InChI=1S/C22H26N2O3S/c1-11(2)13-4-6-14(7-5-13)19-12(3)28-22(23-19)24-20(25)17-15-8-9-16(10-15)18(17)21(26)27/h4-7,11,15-18H,8-10H2,1-3H3,(H,26,27)(H,23,24,25). The summed E-state index contributed by atoms with van der Waals surface area (Å²) in [6.45, 7) is 6.32. The molecule has 0 saturated heterocycles. The fourth-order valence-electron chi connectivity index (χ4n) is 4.96. The number of thiazole rings is 1. The normalized spacial score (nSPS) is 26.0. The predicted molar refractivity (Wildman–Crippen MR) is 110 cm³/mol. The summed E-state index contributed by atoms with van der Waals surface area (Å²) in [5, 5.41) is 13.1. The minimum absolute atomic E-state index is 0.145. The van der Waals surface area contributed by atoms with Crippen LogP contribution in [0.5, 0.6) is 0 Å². The summed E-state index contributed by atoms with van der Waals surface area (Å²) in [4.78, 5) is 30.2. The van der Waals surface area contributed by atoms with Crippen LogP contribution in [0.4, 0.5) is 5.13 Å². The van der Waals surface area contributed by atoms with Crippen LogP contribution in [0.25, 0.3) is 11.3 Å². The van der Waals surface area contributed by atoms with Crippen molar-refractivity contribution in [1.82, 2.24) is 4.98 Å². The van der Waals surface area contributed by atoms with Gasteiger partial charge in [0.15, 0.2) is 5.13 Å². The molecule has 2 aromatic rings. The van der Waals surface area contributed by atoms with E-state index in [0.29, 0.717) is 11.0 Å². The average molecular weight is 399 g/mol. The molecule has 148 valence electrons. The highest BCUT2D eigenvalue weighted by Crippen LogP contribution is 2.52. The lowest BCUT2D eigenvalue weighted by atomic mass is 9.79. The van der Waals surface area contributed by atoms with Gasteiger partial charge in [-0.05, 0) is 49.5 Å². The highest BCUT2D eigenvalue weighted by Gasteiger charge is 2.54. The van der Waals surface area contributed by atoms with Crippen molar-refractivity contribution < 1.29 is 14.7 Å². The Hall–Kier alpha value is -2.21. The fraction of sp³-hybridized carbons (Fsp3) is 0.500. The number of aryl methyl sites for hydroxylation is 1. The van der Waals surface area contributed by atoms with Gasteiger partial charge in [0.05, 0.1) is 17.5 Å². The molecule has 0 aliphatic heterocycles. The number of carbonyl (C=O) groups excluding carboxylic acids is 1. The second kappa shape index (κ2) is 7.32. The van der Waals surface area contributed by atoms with Crippen molar-refractivity contribution in [2.45, 2.75) is 46.0 Å². The van der Waals surface area contributed by atoms with Crippen LogP contribution in [-0.4, -0.2) is 22.0 Å². The largest absolute Gasteiger partial charge is 0.481 e. The van der Waals surface area contributed by atoms with Crippen LogP contribution in [0, 0.1) is 30.6 Å². The van der Waals surface area contributed by atoms with Crippen LogP contribution in [0.2, 0.25) is 0 Å². The molecule has 2 aliphatic rings. The highest BCUT2D eigenvalue weighted by molar-refractivity contribution is 7.16. The Balaban J connectivity index is 1.52. The molecule has 4 unspecified atom stereocenters. The number of fused-ring (bicyclic) bond motifs is 2. The number of hydrogen-bond acceptors (Lipinski definition) is 4. The molecule has 2 saturated carbocycles. The first-order valence-corrected chi connectivity index (χ1v) is 10.8. The molecule has 1 heterocycles. The summed E-state index contributed by atoms with van der Waals surface area (Å²) >= 11 is 1.45. The third-order valence-corrected chi connectivity index (χ3v) is 7.27. The van der Waals surface area contributed by atoms with E-state index in [0.717, 1.165) is 35.4 Å². The number of aromatic nitrogens is 1. The Bertz CT molecular complexity index is 903. The van der Waals surface area contributed by atoms with Crippen LogP contribution in [-0.2, 0) is 9.59 Å². The lowest BCUT2D eigenvalue weighted by Crippen LogP contribution is -2.37. The first kappa shape index (κ1) is 19.1. The second-order valence-corrected chi connectivity index (χ2v) is 9.62. The molecule has 2 aliphatic carbocycles. The van der Waals surface area contributed by atoms with Gasteiger partial charge in [0.2, 0.25) is 5.91 Å². The summed E-state index contributed by atoms with van der Waals surface area (Å²) < 4.78 is 0. The molecule has 4 atom stereocenters. The van der Waals surface area contributed by atoms with E-state index in [1.54, 1.807) is 0 Å². The molecule has 1 aromatic heterocycles. The monoisotopic (exact) mass is 398 g/mol. The number of nitrogens with one attached hydrogen (secondary N) is 1. The molecular weight excluding hydrogens is 372 g/mol. The maximum atomic E-state index is 12.9. The van der Waals surface area contributed by atoms with Gasteiger partial charge in [-0.25, -0.2) is 4.98 Å². The molecule has 2 fully saturated rings. The number of carbonyl (C=O) groups is 2. The molecule has 0 radical (unpaired) electrons. The third-order valence-electron chi connectivity index (χ3n) is 6.38. The van der Waals surface area contributed by atoms with Crippen molar-refractivity contribution in [3.63, 3.8) is 0 Å². The molecule has 6 heteroatoms. The third kappa shape index (κ3) is 3.34. The lowest BCUT2D eigenvalue weighted by molar-refractivity contribution is -0.148.